The number of nitrogens with one attached hydrogen (secondary N) is 1. The Kier molecular flexibility index (Phi) is 4.83. The number of benzene rings is 1. The molecule has 0 atom stereocenters. The summed E-state index contributed by atoms with van der Waals surface area (Å²) in [5.41, 5.74) is 8.82. The van der Waals surface area contributed by atoms with Crippen LogP contribution in [0.4, 0.5) is 4.79 Å². The maximum absolute atomic E-state index is 12.1. The van der Waals surface area contributed by atoms with Crippen LogP contribution < -0.4 is 11.1 Å². The van der Waals surface area contributed by atoms with Crippen molar-refractivity contribution in [2.45, 2.75) is 33.2 Å². The number of amides is 3. The van der Waals surface area contributed by atoms with E-state index in [1.165, 1.54) is 11.1 Å². The molecule has 3 amide bonds. The van der Waals surface area contributed by atoms with Gasteiger partial charge in [-0.2, -0.15) is 0 Å². The highest BCUT2D eigenvalue weighted by atomic mass is 16.2. The number of likely N-dealkylation sites (tertiary alicyclic amines) is 1. The van der Waals surface area contributed by atoms with E-state index in [0.717, 1.165) is 5.56 Å². The highest BCUT2D eigenvalue weighted by molar-refractivity contribution is 5.78. The molecular formula is C16H23N3O2. The van der Waals surface area contributed by atoms with Gasteiger partial charge < -0.3 is 16.0 Å². The molecule has 0 unspecified atom stereocenters. The number of nitrogens with zero attached hydrogens (tertiary/aromatic N) is 1. The smallest absolute Gasteiger partial charge is 0.317 e. The van der Waals surface area contributed by atoms with Crippen LogP contribution in [0.2, 0.25) is 0 Å². The largest absolute Gasteiger partial charge is 0.369 e. The van der Waals surface area contributed by atoms with Crippen LogP contribution in [0.3, 0.4) is 0 Å². The van der Waals surface area contributed by atoms with E-state index in [2.05, 4.69) is 18.3 Å². The molecule has 0 aliphatic carbocycles. The first kappa shape index (κ1) is 15.4. The van der Waals surface area contributed by atoms with Crippen molar-refractivity contribution in [3.8, 4) is 0 Å². The average molecular weight is 289 g/mol. The van der Waals surface area contributed by atoms with Gasteiger partial charge >= 0.3 is 6.03 Å². The van der Waals surface area contributed by atoms with Crippen molar-refractivity contribution < 1.29 is 9.59 Å². The highest BCUT2D eigenvalue weighted by Gasteiger charge is 2.25. The maximum atomic E-state index is 12.1. The molecule has 0 aromatic heterocycles. The van der Waals surface area contributed by atoms with Crippen molar-refractivity contribution in [2.75, 3.05) is 13.1 Å². The molecule has 2 rings (SSSR count). The third kappa shape index (κ3) is 3.97. The van der Waals surface area contributed by atoms with Gasteiger partial charge in [0.1, 0.15) is 0 Å². The summed E-state index contributed by atoms with van der Waals surface area (Å²) in [4.78, 5) is 25.0. The van der Waals surface area contributed by atoms with Crippen LogP contribution >= 0.6 is 0 Å². The van der Waals surface area contributed by atoms with Gasteiger partial charge in [-0.1, -0.05) is 23.8 Å². The fourth-order valence-corrected chi connectivity index (χ4v) is 2.69. The zero-order valence-corrected chi connectivity index (χ0v) is 12.7. The first-order chi connectivity index (χ1) is 9.97. The second kappa shape index (κ2) is 6.61. The fraction of sp³-hybridized carbons (Fsp3) is 0.500. The van der Waals surface area contributed by atoms with Gasteiger partial charge in [-0.05, 0) is 37.8 Å². The quantitative estimate of drug-likeness (QED) is 0.889. The molecule has 1 fully saturated rings. The maximum Gasteiger partial charge on any atom is 0.317 e. The molecule has 1 aliphatic heterocycles. The van der Waals surface area contributed by atoms with Crippen LogP contribution in [0.15, 0.2) is 18.2 Å². The number of primary amides is 1. The summed E-state index contributed by atoms with van der Waals surface area (Å²) in [6.07, 6.45) is 1.32. The van der Waals surface area contributed by atoms with E-state index in [4.69, 9.17) is 5.73 Å². The Labute approximate surface area is 125 Å². The number of carbonyl (C=O) groups excluding carboxylic acids is 2. The summed E-state index contributed by atoms with van der Waals surface area (Å²) in [6, 6.07) is 6.13. The van der Waals surface area contributed by atoms with Gasteiger partial charge in [-0.15, -0.1) is 0 Å². The van der Waals surface area contributed by atoms with Gasteiger partial charge in [-0.25, -0.2) is 4.79 Å². The normalized spacial score (nSPS) is 15.8. The third-order valence-corrected chi connectivity index (χ3v) is 4.11. The first-order valence-corrected chi connectivity index (χ1v) is 7.35. The van der Waals surface area contributed by atoms with Gasteiger partial charge in [0.15, 0.2) is 0 Å². The molecular weight excluding hydrogens is 266 g/mol. The summed E-state index contributed by atoms with van der Waals surface area (Å²) in [6.45, 7) is 5.81. The van der Waals surface area contributed by atoms with Gasteiger partial charge in [0, 0.05) is 25.6 Å². The van der Waals surface area contributed by atoms with E-state index in [-0.39, 0.29) is 17.9 Å². The van der Waals surface area contributed by atoms with Crippen LogP contribution in [0.1, 0.15) is 29.5 Å². The zero-order chi connectivity index (χ0) is 15.4. The molecule has 5 nitrogen and oxygen atoms in total. The molecule has 1 heterocycles. The second-order valence-electron chi connectivity index (χ2n) is 5.75. The van der Waals surface area contributed by atoms with Gasteiger partial charge in [-0.3, -0.25) is 4.79 Å². The Balaban J connectivity index is 1.84. The molecule has 5 heteroatoms. The number of hydrogen-bond donors (Lipinski definition) is 2. The number of carbonyl (C=O) groups is 2. The molecule has 3 N–H and O–H groups in total. The molecule has 1 aromatic rings. The Morgan fingerprint density at radius 1 is 1.29 bits per heavy atom. The van der Waals surface area contributed by atoms with Crippen molar-refractivity contribution >= 4 is 11.9 Å². The Morgan fingerprint density at radius 2 is 1.95 bits per heavy atom. The van der Waals surface area contributed by atoms with Crippen molar-refractivity contribution in [2.24, 2.45) is 11.7 Å². The minimum Gasteiger partial charge on any atom is -0.369 e. The predicted octanol–water partition coefficient (Wildman–Crippen LogP) is 1.71. The Morgan fingerprint density at radius 3 is 2.52 bits per heavy atom. The summed E-state index contributed by atoms with van der Waals surface area (Å²) in [5.74, 6) is -0.348. The topological polar surface area (TPSA) is 75.4 Å². The summed E-state index contributed by atoms with van der Waals surface area (Å²) < 4.78 is 0. The molecule has 1 aliphatic rings. The summed E-state index contributed by atoms with van der Waals surface area (Å²) in [7, 11) is 0. The zero-order valence-electron chi connectivity index (χ0n) is 12.7. The van der Waals surface area contributed by atoms with Crippen molar-refractivity contribution in [1.82, 2.24) is 10.2 Å². The molecule has 0 radical (unpaired) electrons. The van der Waals surface area contributed by atoms with Gasteiger partial charge in [0.05, 0.1) is 0 Å². The van der Waals surface area contributed by atoms with Crippen LogP contribution in [0.5, 0.6) is 0 Å². The monoisotopic (exact) mass is 289 g/mol. The van der Waals surface area contributed by atoms with Crippen molar-refractivity contribution in [3.63, 3.8) is 0 Å². The van der Waals surface area contributed by atoms with Crippen molar-refractivity contribution in [1.29, 1.82) is 0 Å². The number of piperidine rings is 1. The third-order valence-electron chi connectivity index (χ3n) is 4.11. The number of urea groups is 1. The Bertz CT molecular complexity index is 534. The predicted molar refractivity (Wildman–Crippen MR) is 81.6 cm³/mol. The minimum absolute atomic E-state index is 0.0714. The average Bonchev–Trinajstić information content (AvgIpc) is 2.46. The second-order valence-corrected chi connectivity index (χ2v) is 5.75. The van der Waals surface area contributed by atoms with E-state index in [0.29, 0.717) is 32.5 Å². The van der Waals surface area contributed by atoms with E-state index in [1.54, 1.807) is 4.90 Å². The molecule has 21 heavy (non-hydrogen) atoms. The summed E-state index contributed by atoms with van der Waals surface area (Å²) >= 11 is 0. The van der Waals surface area contributed by atoms with E-state index in [1.807, 2.05) is 19.1 Å². The van der Waals surface area contributed by atoms with Crippen LogP contribution in [-0.4, -0.2) is 29.9 Å². The SMILES string of the molecule is Cc1ccc(CNC(=O)N2CCC(C(N)=O)CC2)c(C)c1. The standard InChI is InChI=1S/C16H23N3O2/c1-11-3-4-14(12(2)9-11)10-18-16(21)19-7-5-13(6-8-19)15(17)20/h3-4,9,13H,5-8,10H2,1-2H3,(H2,17,20)(H,18,21). The number of rotatable bonds is 3. The van der Waals surface area contributed by atoms with E-state index >= 15 is 0 Å². The van der Waals surface area contributed by atoms with Crippen LogP contribution in [-0.2, 0) is 11.3 Å². The number of aryl methyl sites for hydroxylation is 2. The fourth-order valence-electron chi connectivity index (χ4n) is 2.69. The Hall–Kier alpha value is -2.04. The lowest BCUT2D eigenvalue weighted by molar-refractivity contribution is -0.123. The molecule has 0 spiro atoms. The highest BCUT2D eigenvalue weighted by Crippen LogP contribution is 2.17. The molecule has 114 valence electrons. The van der Waals surface area contributed by atoms with Gasteiger partial charge in [0.2, 0.25) is 5.91 Å². The van der Waals surface area contributed by atoms with Crippen LogP contribution in [0, 0.1) is 19.8 Å². The first-order valence-electron chi connectivity index (χ1n) is 7.35. The lowest BCUT2D eigenvalue weighted by atomic mass is 9.96. The molecule has 1 saturated heterocycles. The van der Waals surface area contributed by atoms with Crippen molar-refractivity contribution in [3.05, 3.63) is 34.9 Å². The lowest BCUT2D eigenvalue weighted by Gasteiger charge is -2.30. The lowest BCUT2D eigenvalue weighted by Crippen LogP contribution is -2.46. The van der Waals surface area contributed by atoms with E-state index < -0.39 is 0 Å². The van der Waals surface area contributed by atoms with E-state index in [9.17, 15) is 9.59 Å². The van der Waals surface area contributed by atoms with Gasteiger partial charge in [0.25, 0.3) is 0 Å². The van der Waals surface area contributed by atoms with Crippen LogP contribution in [0.25, 0.3) is 0 Å². The minimum atomic E-state index is -0.259. The number of hydrogen-bond acceptors (Lipinski definition) is 2. The molecule has 1 aromatic carbocycles. The molecule has 0 saturated carbocycles. The molecule has 0 bridgehead atoms. The summed E-state index contributed by atoms with van der Waals surface area (Å²) in [5, 5.41) is 2.94. The number of nitrogens with two attached hydrogens (primary N) is 1.